The van der Waals surface area contributed by atoms with Crippen LogP contribution in [0.5, 0.6) is 0 Å². The Bertz CT molecular complexity index is 260. The van der Waals surface area contributed by atoms with Gasteiger partial charge in [-0.1, -0.05) is 5.11 Å². The largest absolute Gasteiger partial charge is 0.249 e. The zero-order valence-electron chi connectivity index (χ0n) is 5.48. The predicted molar refractivity (Wildman–Crippen MR) is 39.7 cm³/mol. The van der Waals surface area contributed by atoms with Gasteiger partial charge in [0.05, 0.1) is 11.6 Å². The van der Waals surface area contributed by atoms with Crippen LogP contribution in [0.1, 0.15) is 9.88 Å². The molecule has 0 unspecified atom stereocenters. The quantitative estimate of drug-likeness (QED) is 0.366. The molecule has 0 aromatic carbocycles. The number of thiazole rings is 1. The number of hydrogen-bond acceptors (Lipinski definition) is 3. The van der Waals surface area contributed by atoms with E-state index in [1.807, 2.05) is 6.92 Å². The molecule has 4 nitrogen and oxygen atoms in total. The van der Waals surface area contributed by atoms with Crippen molar-refractivity contribution in [3.05, 3.63) is 26.5 Å². The molecule has 0 spiro atoms. The first-order valence-electron chi connectivity index (χ1n) is 2.75. The lowest BCUT2D eigenvalue weighted by Gasteiger charge is -1.79. The monoisotopic (exact) mass is 154 g/mol. The van der Waals surface area contributed by atoms with Gasteiger partial charge in [-0.25, -0.2) is 4.98 Å². The first-order valence-corrected chi connectivity index (χ1v) is 3.57. The summed E-state index contributed by atoms with van der Waals surface area (Å²) < 4.78 is 0. The topological polar surface area (TPSA) is 61.7 Å². The van der Waals surface area contributed by atoms with Crippen molar-refractivity contribution in [3.8, 4) is 0 Å². The lowest BCUT2D eigenvalue weighted by atomic mass is 10.6. The molecule has 0 bridgehead atoms. The van der Waals surface area contributed by atoms with E-state index < -0.39 is 0 Å². The molecule has 0 saturated carbocycles. The fourth-order valence-electron chi connectivity index (χ4n) is 0.567. The number of nitrogens with zero attached hydrogens (tertiary/aromatic N) is 4. The van der Waals surface area contributed by atoms with E-state index in [0.717, 1.165) is 9.88 Å². The second-order valence-corrected chi connectivity index (χ2v) is 3.07. The maximum Gasteiger partial charge on any atom is 0.0985 e. The summed E-state index contributed by atoms with van der Waals surface area (Å²) in [4.78, 5) is 7.78. The van der Waals surface area contributed by atoms with E-state index in [9.17, 15) is 0 Å². The first kappa shape index (κ1) is 7.05. The summed E-state index contributed by atoms with van der Waals surface area (Å²) >= 11 is 1.55. The van der Waals surface area contributed by atoms with Crippen LogP contribution < -0.4 is 0 Å². The maximum absolute atomic E-state index is 7.97. The highest BCUT2D eigenvalue weighted by molar-refractivity contribution is 7.11. The van der Waals surface area contributed by atoms with E-state index in [1.165, 1.54) is 0 Å². The second kappa shape index (κ2) is 3.20. The molecular formula is C5H6N4S. The third kappa shape index (κ3) is 1.72. The molecule has 5 heteroatoms. The third-order valence-electron chi connectivity index (χ3n) is 0.938. The highest BCUT2D eigenvalue weighted by Gasteiger charge is 1.94. The fraction of sp³-hybridized carbons (Fsp3) is 0.400. The van der Waals surface area contributed by atoms with Gasteiger partial charge in [-0.3, -0.25) is 0 Å². The van der Waals surface area contributed by atoms with Crippen LogP contribution in [0.25, 0.3) is 10.4 Å². The molecule has 52 valence electrons. The Kier molecular flexibility index (Phi) is 2.25. The molecule has 0 fully saturated rings. The number of aromatic nitrogens is 1. The minimum absolute atomic E-state index is 0.370. The van der Waals surface area contributed by atoms with E-state index >= 15 is 0 Å². The average Bonchev–Trinajstić information content (AvgIpc) is 2.31. The summed E-state index contributed by atoms with van der Waals surface area (Å²) in [7, 11) is 0. The Balaban J connectivity index is 2.66. The van der Waals surface area contributed by atoms with Gasteiger partial charge in [0, 0.05) is 16.0 Å². The van der Waals surface area contributed by atoms with E-state index in [-0.39, 0.29) is 0 Å². The van der Waals surface area contributed by atoms with Gasteiger partial charge < -0.3 is 0 Å². The molecule has 0 aliphatic rings. The second-order valence-electron chi connectivity index (χ2n) is 1.75. The number of aryl methyl sites for hydroxylation is 1. The molecule has 0 radical (unpaired) electrons. The zero-order chi connectivity index (χ0) is 7.40. The van der Waals surface area contributed by atoms with E-state index in [0.29, 0.717) is 6.54 Å². The van der Waals surface area contributed by atoms with Crippen LogP contribution in [0, 0.1) is 6.92 Å². The van der Waals surface area contributed by atoms with Gasteiger partial charge in [0.2, 0.25) is 0 Å². The van der Waals surface area contributed by atoms with Crippen molar-refractivity contribution in [1.29, 1.82) is 0 Å². The number of azide groups is 1. The van der Waals surface area contributed by atoms with Crippen molar-refractivity contribution in [3.63, 3.8) is 0 Å². The summed E-state index contributed by atoms with van der Waals surface area (Å²) in [6.07, 6.45) is 1.77. The van der Waals surface area contributed by atoms with Crippen LogP contribution in [0.3, 0.4) is 0 Å². The van der Waals surface area contributed by atoms with E-state index in [2.05, 4.69) is 15.0 Å². The third-order valence-corrected chi connectivity index (χ3v) is 1.84. The molecule has 1 heterocycles. The van der Waals surface area contributed by atoms with Gasteiger partial charge >= 0.3 is 0 Å². The summed E-state index contributed by atoms with van der Waals surface area (Å²) in [5, 5.41) is 4.25. The van der Waals surface area contributed by atoms with E-state index in [1.54, 1.807) is 17.5 Å². The first-order chi connectivity index (χ1) is 4.83. The lowest BCUT2D eigenvalue weighted by molar-refractivity contribution is 1.02. The van der Waals surface area contributed by atoms with Crippen LogP contribution in [-0.4, -0.2) is 4.98 Å². The summed E-state index contributed by atoms with van der Waals surface area (Å²) in [5.41, 5.74) is 7.97. The number of hydrogen-bond donors (Lipinski definition) is 0. The molecule has 0 aliphatic heterocycles. The van der Waals surface area contributed by atoms with Gasteiger partial charge in [0.1, 0.15) is 0 Å². The van der Waals surface area contributed by atoms with Crippen molar-refractivity contribution < 1.29 is 0 Å². The molecule has 10 heavy (non-hydrogen) atoms. The molecule has 0 N–H and O–H groups in total. The van der Waals surface area contributed by atoms with Crippen LogP contribution >= 0.6 is 11.3 Å². The molecule has 1 aromatic heterocycles. The highest BCUT2D eigenvalue weighted by Crippen LogP contribution is 2.11. The van der Waals surface area contributed by atoms with Crippen molar-refractivity contribution in [2.75, 3.05) is 0 Å². The van der Waals surface area contributed by atoms with Gasteiger partial charge in [-0.05, 0) is 12.5 Å². The molecule has 1 aromatic rings. The highest BCUT2D eigenvalue weighted by atomic mass is 32.1. The molecule has 1 rings (SSSR count). The Morgan fingerprint density at radius 3 is 3.20 bits per heavy atom. The van der Waals surface area contributed by atoms with Gasteiger partial charge in [-0.2, -0.15) is 0 Å². The van der Waals surface area contributed by atoms with Crippen molar-refractivity contribution in [2.24, 2.45) is 5.11 Å². The van der Waals surface area contributed by atoms with Crippen molar-refractivity contribution in [2.45, 2.75) is 13.5 Å². The summed E-state index contributed by atoms with van der Waals surface area (Å²) in [6.45, 7) is 2.34. The lowest BCUT2D eigenvalue weighted by Crippen LogP contribution is -1.73. The Labute approximate surface area is 62.2 Å². The molecule has 0 atom stereocenters. The minimum atomic E-state index is 0.370. The summed E-state index contributed by atoms with van der Waals surface area (Å²) in [6, 6.07) is 0. The van der Waals surface area contributed by atoms with E-state index in [4.69, 9.17) is 5.53 Å². The Hall–Kier alpha value is -1.06. The Morgan fingerprint density at radius 1 is 1.90 bits per heavy atom. The average molecular weight is 154 g/mol. The van der Waals surface area contributed by atoms with Crippen LogP contribution in [0.4, 0.5) is 0 Å². The molecule has 0 aliphatic carbocycles. The molecular weight excluding hydrogens is 148 g/mol. The maximum atomic E-state index is 7.97. The van der Waals surface area contributed by atoms with Gasteiger partial charge in [0.25, 0.3) is 0 Å². The van der Waals surface area contributed by atoms with Crippen LogP contribution in [-0.2, 0) is 6.54 Å². The normalized spacial score (nSPS) is 8.90. The van der Waals surface area contributed by atoms with Crippen LogP contribution in [0.2, 0.25) is 0 Å². The fourth-order valence-corrected chi connectivity index (χ4v) is 1.27. The molecule has 0 saturated heterocycles. The van der Waals surface area contributed by atoms with Crippen molar-refractivity contribution >= 4 is 11.3 Å². The minimum Gasteiger partial charge on any atom is -0.249 e. The Morgan fingerprint density at radius 2 is 2.70 bits per heavy atom. The van der Waals surface area contributed by atoms with Gasteiger partial charge in [-0.15, -0.1) is 11.3 Å². The summed E-state index contributed by atoms with van der Waals surface area (Å²) in [5.74, 6) is 0. The van der Waals surface area contributed by atoms with Crippen LogP contribution in [0.15, 0.2) is 11.3 Å². The van der Waals surface area contributed by atoms with Gasteiger partial charge in [0.15, 0.2) is 0 Å². The number of rotatable bonds is 2. The smallest absolute Gasteiger partial charge is 0.0985 e. The SMILES string of the molecule is Cc1cnc(CN=[N+]=[N-])s1. The molecule has 0 amide bonds. The van der Waals surface area contributed by atoms with Crippen molar-refractivity contribution in [1.82, 2.24) is 4.98 Å². The zero-order valence-corrected chi connectivity index (χ0v) is 6.30. The standard InChI is InChI=1S/C5H6N4S/c1-4-2-7-5(10-4)3-8-9-6/h2H,3H2,1H3. The predicted octanol–water partition coefficient (Wildman–Crippen LogP) is 2.26.